The van der Waals surface area contributed by atoms with Gasteiger partial charge in [-0.1, -0.05) is 53.9 Å². The topological polar surface area (TPSA) is 96.4 Å². The van der Waals surface area contributed by atoms with Crippen LogP contribution in [0, 0.1) is 11.8 Å². The minimum Gasteiger partial charge on any atom is -0.461 e. The molecule has 1 saturated carbocycles. The number of carbonyl (C=O) groups is 3. The van der Waals surface area contributed by atoms with Gasteiger partial charge in [-0.2, -0.15) is 0 Å². The first-order valence-electron chi connectivity index (χ1n) is 12.8. The van der Waals surface area contributed by atoms with Gasteiger partial charge in [0.25, 0.3) is 0 Å². The van der Waals surface area contributed by atoms with Gasteiger partial charge in [-0.3, -0.25) is 14.4 Å². The molecule has 1 aliphatic carbocycles. The van der Waals surface area contributed by atoms with E-state index in [-0.39, 0.29) is 35.9 Å². The maximum Gasteiger partial charge on any atom is 0.312 e. The Morgan fingerprint density at radius 2 is 1.97 bits per heavy atom. The zero-order chi connectivity index (χ0) is 25.2. The number of ether oxygens (including phenoxy) is 2. The van der Waals surface area contributed by atoms with E-state index in [1.807, 2.05) is 4.90 Å². The third kappa shape index (κ3) is 4.60. The average molecular weight is 553 g/mol. The molecule has 3 heterocycles. The number of fused-ring (bicyclic) bond motifs is 1. The van der Waals surface area contributed by atoms with Crippen LogP contribution in [-0.2, 0) is 23.9 Å². The van der Waals surface area contributed by atoms with E-state index in [1.165, 1.54) is 12.5 Å². The lowest BCUT2D eigenvalue weighted by Crippen LogP contribution is -2.58. The molecule has 4 fully saturated rings. The first-order chi connectivity index (χ1) is 16.9. The Hall–Kier alpha value is -1.71. The molecule has 0 aromatic carbocycles. The summed E-state index contributed by atoms with van der Waals surface area (Å²) in [6.07, 6.45) is 9.44. The highest BCUT2D eigenvalue weighted by Crippen LogP contribution is 2.60. The number of likely N-dealkylation sites (tertiary alicyclic amines) is 1. The van der Waals surface area contributed by atoms with Crippen molar-refractivity contribution in [3.05, 3.63) is 25.3 Å². The number of aliphatic hydroxyl groups excluding tert-OH is 1. The Morgan fingerprint density at radius 1 is 1.23 bits per heavy atom. The summed E-state index contributed by atoms with van der Waals surface area (Å²) in [4.78, 5) is 44.6. The Morgan fingerprint density at radius 3 is 2.63 bits per heavy atom. The Balaban J connectivity index is 1.71. The summed E-state index contributed by atoms with van der Waals surface area (Å²) in [5, 5.41) is 9.32. The van der Waals surface area contributed by atoms with Crippen molar-refractivity contribution in [1.29, 1.82) is 0 Å². The summed E-state index contributed by atoms with van der Waals surface area (Å²) in [5.74, 6) is -2.39. The minimum atomic E-state index is -1.09. The molecule has 194 valence electrons. The molecule has 0 aromatic rings. The molecule has 1 N–H and O–H groups in total. The Kier molecular flexibility index (Phi) is 8.38. The van der Waals surface area contributed by atoms with Crippen LogP contribution in [0.1, 0.15) is 51.4 Å². The van der Waals surface area contributed by atoms with Crippen molar-refractivity contribution in [3.63, 3.8) is 0 Å². The summed E-state index contributed by atoms with van der Waals surface area (Å²) in [5.41, 5.74) is -1.09. The summed E-state index contributed by atoms with van der Waals surface area (Å²) >= 11 is 3.67. The zero-order valence-corrected chi connectivity index (χ0v) is 21.9. The number of hydrogen-bond acceptors (Lipinski definition) is 6. The molecule has 4 aliphatic rings. The average Bonchev–Trinajstić information content (AvgIpc) is 3.45. The number of nitrogens with zero attached hydrogens (tertiary/aromatic N) is 2. The van der Waals surface area contributed by atoms with Crippen molar-refractivity contribution >= 4 is 33.7 Å². The predicted octanol–water partition coefficient (Wildman–Crippen LogP) is 2.58. The van der Waals surface area contributed by atoms with Crippen molar-refractivity contribution in [1.82, 2.24) is 9.80 Å². The van der Waals surface area contributed by atoms with Gasteiger partial charge in [0, 0.05) is 30.6 Å². The standard InChI is InChI=1S/C26H37BrN2O6/c1-3-12-28(17-10-6-5-7-11-17)24(32)22-26-16-18(27)21(35-26)19(25(33)34-15-4-2)20(26)23(31)29(22)13-8-9-14-30/h3-4,17-22,30H,1-2,5-16H2/t18?,19-,20-,21-,22?,26?/m0/s1. The Labute approximate surface area is 215 Å². The number of carbonyl (C=O) groups excluding carboxylic acids is 3. The van der Waals surface area contributed by atoms with E-state index in [9.17, 15) is 19.5 Å². The van der Waals surface area contributed by atoms with Crippen LogP contribution in [0.25, 0.3) is 0 Å². The lowest BCUT2D eigenvalue weighted by atomic mass is 9.70. The predicted molar refractivity (Wildman–Crippen MR) is 134 cm³/mol. The summed E-state index contributed by atoms with van der Waals surface area (Å²) in [6.45, 7) is 8.28. The maximum atomic E-state index is 14.3. The summed E-state index contributed by atoms with van der Waals surface area (Å²) in [6, 6.07) is -0.714. The van der Waals surface area contributed by atoms with E-state index < -0.39 is 35.6 Å². The molecule has 1 spiro atoms. The van der Waals surface area contributed by atoms with Crippen molar-refractivity contribution in [2.24, 2.45) is 11.8 Å². The lowest BCUT2D eigenvalue weighted by Gasteiger charge is -2.41. The second kappa shape index (κ2) is 11.1. The fourth-order valence-corrected chi connectivity index (χ4v) is 7.60. The molecule has 2 amide bonds. The fourth-order valence-electron chi connectivity index (χ4n) is 6.66. The molecule has 4 rings (SSSR count). The monoisotopic (exact) mass is 552 g/mol. The van der Waals surface area contributed by atoms with Gasteiger partial charge >= 0.3 is 5.97 Å². The van der Waals surface area contributed by atoms with Crippen LogP contribution in [0.2, 0.25) is 0 Å². The van der Waals surface area contributed by atoms with E-state index in [0.717, 1.165) is 25.7 Å². The maximum absolute atomic E-state index is 14.3. The fraction of sp³-hybridized carbons (Fsp3) is 0.731. The van der Waals surface area contributed by atoms with Crippen molar-refractivity contribution in [2.45, 2.75) is 80.0 Å². The SMILES string of the molecule is C=CCOC(=O)[C@H]1[C@H]2C(=O)N(CCCCO)C(C(=O)N(CC=C)C3CCCCC3)C23CC(Br)[C@@H]1O3. The third-order valence-corrected chi connectivity index (χ3v) is 8.91. The molecule has 35 heavy (non-hydrogen) atoms. The van der Waals surface area contributed by atoms with Crippen LogP contribution in [-0.4, -0.2) is 87.6 Å². The van der Waals surface area contributed by atoms with Gasteiger partial charge in [-0.25, -0.2) is 0 Å². The van der Waals surface area contributed by atoms with Gasteiger partial charge in [0.1, 0.15) is 18.2 Å². The van der Waals surface area contributed by atoms with Gasteiger partial charge in [0.2, 0.25) is 11.8 Å². The van der Waals surface area contributed by atoms with Crippen molar-refractivity contribution in [2.75, 3.05) is 26.3 Å². The number of aliphatic hydroxyl groups is 1. The number of esters is 1. The van der Waals surface area contributed by atoms with Crippen LogP contribution >= 0.6 is 15.9 Å². The van der Waals surface area contributed by atoms with Gasteiger partial charge in [0.05, 0.1) is 17.9 Å². The van der Waals surface area contributed by atoms with Crippen molar-refractivity contribution in [3.8, 4) is 0 Å². The van der Waals surface area contributed by atoms with Gasteiger partial charge < -0.3 is 24.4 Å². The smallest absolute Gasteiger partial charge is 0.312 e. The van der Waals surface area contributed by atoms with Gasteiger partial charge in [0.15, 0.2) is 0 Å². The van der Waals surface area contributed by atoms with Gasteiger partial charge in [-0.15, -0.1) is 6.58 Å². The summed E-state index contributed by atoms with van der Waals surface area (Å²) in [7, 11) is 0. The normalized spacial score (nSPS) is 34.1. The largest absolute Gasteiger partial charge is 0.461 e. The van der Waals surface area contributed by atoms with E-state index >= 15 is 0 Å². The molecule has 0 radical (unpaired) electrons. The van der Waals surface area contributed by atoms with Crippen LogP contribution in [0.4, 0.5) is 0 Å². The molecule has 0 aromatic heterocycles. The quantitative estimate of drug-likeness (QED) is 0.183. The molecule has 3 saturated heterocycles. The molecule has 9 heteroatoms. The first kappa shape index (κ1) is 26.4. The van der Waals surface area contributed by atoms with E-state index in [4.69, 9.17) is 9.47 Å². The van der Waals surface area contributed by atoms with Crippen LogP contribution in [0.5, 0.6) is 0 Å². The number of unbranched alkanes of at least 4 members (excludes halogenated alkanes) is 1. The van der Waals surface area contributed by atoms with Crippen molar-refractivity contribution < 1.29 is 29.0 Å². The lowest BCUT2D eigenvalue weighted by molar-refractivity contribution is -0.154. The first-order valence-corrected chi connectivity index (χ1v) is 13.7. The molecule has 3 aliphatic heterocycles. The van der Waals surface area contributed by atoms with Crippen LogP contribution in [0.3, 0.4) is 0 Å². The minimum absolute atomic E-state index is 0.0123. The van der Waals surface area contributed by atoms with Crippen LogP contribution < -0.4 is 0 Å². The highest BCUT2D eigenvalue weighted by molar-refractivity contribution is 9.09. The number of amides is 2. The summed E-state index contributed by atoms with van der Waals surface area (Å²) < 4.78 is 11.9. The molecule has 8 nitrogen and oxygen atoms in total. The Bertz CT molecular complexity index is 846. The number of hydrogen-bond donors (Lipinski definition) is 1. The molecular weight excluding hydrogens is 516 g/mol. The molecule has 3 unspecified atom stereocenters. The van der Waals surface area contributed by atoms with Crippen LogP contribution in [0.15, 0.2) is 25.3 Å². The zero-order valence-electron chi connectivity index (χ0n) is 20.3. The number of halogens is 1. The molecule has 6 atom stereocenters. The molecule has 2 bridgehead atoms. The number of alkyl halides is 1. The van der Waals surface area contributed by atoms with Gasteiger partial charge in [-0.05, 0) is 32.1 Å². The van der Waals surface area contributed by atoms with E-state index in [2.05, 4.69) is 29.1 Å². The third-order valence-electron chi connectivity index (χ3n) is 8.07. The van der Waals surface area contributed by atoms with E-state index in [1.54, 1.807) is 11.0 Å². The second-order valence-electron chi connectivity index (χ2n) is 10.1. The highest BCUT2D eigenvalue weighted by atomic mass is 79.9. The highest BCUT2D eigenvalue weighted by Gasteiger charge is 2.77. The second-order valence-corrected chi connectivity index (χ2v) is 11.3. The van der Waals surface area contributed by atoms with E-state index in [0.29, 0.717) is 32.4 Å². The molecular formula is C26H37BrN2O6. The number of rotatable bonds is 11.